The van der Waals surface area contributed by atoms with Crippen LogP contribution < -0.4 is 20.8 Å². The number of aromatic nitrogens is 2. The molecule has 0 fully saturated rings. The van der Waals surface area contributed by atoms with Crippen molar-refractivity contribution in [3.8, 4) is 0 Å². The number of thiazole rings is 1. The number of nitrogens with one attached hydrogen (secondary N) is 4. The van der Waals surface area contributed by atoms with Gasteiger partial charge in [0.2, 0.25) is 11.8 Å². The van der Waals surface area contributed by atoms with E-state index in [0.717, 1.165) is 16.8 Å². The number of phosphoric ester groups is 1. The lowest BCUT2D eigenvalue weighted by atomic mass is 10.0. The predicted octanol–water partition coefficient (Wildman–Crippen LogP) is 2.75. The summed E-state index contributed by atoms with van der Waals surface area (Å²) in [6.45, 7) is 3.38. The fourth-order valence-corrected chi connectivity index (χ4v) is 6.33. The van der Waals surface area contributed by atoms with Crippen molar-refractivity contribution in [1.82, 2.24) is 20.6 Å². The van der Waals surface area contributed by atoms with Gasteiger partial charge in [0.1, 0.15) is 11.9 Å². The summed E-state index contributed by atoms with van der Waals surface area (Å²) in [5, 5.41) is 19.6. The molecule has 3 heterocycles. The van der Waals surface area contributed by atoms with Gasteiger partial charge in [0.15, 0.2) is 0 Å². The molecule has 0 spiro atoms. The molecule has 254 valence electrons. The first-order chi connectivity index (χ1) is 22.3. The normalized spacial score (nSPS) is 16.0. The molecule has 0 aliphatic carbocycles. The van der Waals surface area contributed by atoms with Gasteiger partial charge in [0.05, 0.1) is 23.4 Å². The average molecular weight is 691 g/mol. The highest BCUT2D eigenvalue weighted by Crippen LogP contribution is 2.35. The standard InChI is InChI=1S/C31H39FN5O8PS/c1-18-23(19(2)35-27(18)13-25-24-11-21(32)6-8-26(24)37-30(25)40)7-9-29(39)36-28(12-22-16-47-17-34-22)31(41)33-10-4-3-5-20(14-38)15-45-46(42,43)44/h6,8,11,13,16-17,20,28,35,38H,3-5,7,9-10,12,14-15H2,1-2H3,(H,33,41)(H,36,39)(H,37,40)(H2,42,43,44)/p-1/b25-13-. The van der Waals surface area contributed by atoms with E-state index >= 15 is 0 Å². The van der Waals surface area contributed by atoms with Gasteiger partial charge in [-0.15, -0.1) is 11.3 Å². The number of aliphatic hydroxyl groups is 1. The molecule has 2 aromatic heterocycles. The number of phosphoric acid groups is 1. The fraction of sp³-hybridized carbons (Fsp3) is 0.419. The van der Waals surface area contributed by atoms with Crippen molar-refractivity contribution in [1.29, 1.82) is 0 Å². The predicted molar refractivity (Wildman–Crippen MR) is 172 cm³/mol. The summed E-state index contributed by atoms with van der Waals surface area (Å²) in [6, 6.07) is 3.25. The summed E-state index contributed by atoms with van der Waals surface area (Å²) in [5.41, 5.74) is 6.91. The molecule has 1 aromatic carbocycles. The van der Waals surface area contributed by atoms with Crippen LogP contribution in [0.15, 0.2) is 29.1 Å². The third-order valence-corrected chi connectivity index (χ3v) is 9.02. The minimum absolute atomic E-state index is 0.0969. The Morgan fingerprint density at radius 1 is 1.28 bits per heavy atom. The second-order valence-electron chi connectivity index (χ2n) is 11.4. The number of nitrogens with zero attached hydrogens (tertiary/aromatic N) is 1. The van der Waals surface area contributed by atoms with E-state index in [-0.39, 0.29) is 50.3 Å². The fourth-order valence-electron chi connectivity index (χ4n) is 5.36. The average Bonchev–Trinajstić information content (AvgIpc) is 3.70. The van der Waals surface area contributed by atoms with E-state index in [0.29, 0.717) is 53.9 Å². The summed E-state index contributed by atoms with van der Waals surface area (Å²) in [6.07, 6.45) is 3.85. The van der Waals surface area contributed by atoms with Gasteiger partial charge in [-0.25, -0.2) is 9.37 Å². The highest BCUT2D eigenvalue weighted by atomic mass is 32.1. The van der Waals surface area contributed by atoms with Gasteiger partial charge in [0, 0.05) is 59.9 Å². The summed E-state index contributed by atoms with van der Waals surface area (Å²) in [4.78, 5) is 65.8. The van der Waals surface area contributed by atoms with E-state index < -0.39 is 25.6 Å². The number of benzene rings is 1. The Balaban J connectivity index is 1.32. The highest BCUT2D eigenvalue weighted by Gasteiger charge is 2.26. The van der Waals surface area contributed by atoms with E-state index in [1.807, 2.05) is 13.8 Å². The molecule has 16 heteroatoms. The van der Waals surface area contributed by atoms with Crippen LogP contribution in [0.5, 0.6) is 0 Å². The van der Waals surface area contributed by atoms with Gasteiger partial charge in [0.25, 0.3) is 13.7 Å². The van der Waals surface area contributed by atoms with Crippen LogP contribution in [0.4, 0.5) is 10.1 Å². The number of amides is 3. The van der Waals surface area contributed by atoms with E-state index in [2.05, 4.69) is 30.4 Å². The van der Waals surface area contributed by atoms with Crippen LogP contribution in [0.2, 0.25) is 0 Å². The Morgan fingerprint density at radius 2 is 2.06 bits per heavy atom. The Hall–Kier alpha value is -3.72. The minimum atomic E-state index is -4.87. The van der Waals surface area contributed by atoms with Gasteiger partial charge in [-0.1, -0.05) is 6.42 Å². The zero-order chi connectivity index (χ0) is 34.1. The first-order valence-corrected chi connectivity index (χ1v) is 17.5. The highest BCUT2D eigenvalue weighted by molar-refractivity contribution is 7.44. The van der Waals surface area contributed by atoms with E-state index in [4.69, 9.17) is 4.89 Å². The van der Waals surface area contributed by atoms with Gasteiger partial charge in [-0.05, 0) is 68.5 Å². The molecule has 3 atom stereocenters. The Morgan fingerprint density at radius 3 is 2.77 bits per heavy atom. The number of carbonyl (C=O) groups is 3. The lowest BCUT2D eigenvalue weighted by Crippen LogP contribution is -2.48. The first kappa shape index (κ1) is 36.1. The maximum absolute atomic E-state index is 13.9. The first-order valence-electron chi connectivity index (χ1n) is 15.1. The third-order valence-electron chi connectivity index (χ3n) is 7.91. The van der Waals surface area contributed by atoms with Gasteiger partial charge < -0.3 is 40.4 Å². The lowest BCUT2D eigenvalue weighted by molar-refractivity contribution is -0.221. The number of hydrogen-bond acceptors (Lipinski definition) is 9. The topological polar surface area (TPSA) is 206 Å². The summed E-state index contributed by atoms with van der Waals surface area (Å²) < 4.78 is 29.0. The monoisotopic (exact) mass is 690 g/mol. The second kappa shape index (κ2) is 16.4. The Labute approximate surface area is 275 Å². The zero-order valence-corrected chi connectivity index (χ0v) is 27.7. The van der Waals surface area contributed by atoms with Crippen molar-refractivity contribution in [2.75, 3.05) is 25.1 Å². The number of unbranched alkanes of at least 4 members (excludes halogenated alkanes) is 1. The van der Waals surface area contributed by atoms with Crippen molar-refractivity contribution < 1.29 is 42.8 Å². The van der Waals surface area contributed by atoms with Crippen molar-refractivity contribution in [3.05, 3.63) is 68.7 Å². The van der Waals surface area contributed by atoms with Crippen LogP contribution in [0.25, 0.3) is 11.6 Å². The number of aryl methyl sites for hydroxylation is 1. The van der Waals surface area contributed by atoms with Crippen molar-refractivity contribution in [2.45, 2.75) is 58.4 Å². The molecule has 1 aliphatic rings. The number of carbonyl (C=O) groups excluding carboxylic acids is 3. The molecular weight excluding hydrogens is 652 g/mol. The molecule has 3 amide bonds. The van der Waals surface area contributed by atoms with Crippen LogP contribution in [0.3, 0.4) is 0 Å². The van der Waals surface area contributed by atoms with Gasteiger partial charge in [-0.3, -0.25) is 18.9 Å². The molecular formula is C31H38FN5O8PS-. The molecule has 4 rings (SSSR count). The van der Waals surface area contributed by atoms with Gasteiger partial charge in [-0.2, -0.15) is 0 Å². The maximum Gasteiger partial charge on any atom is 0.265 e. The summed E-state index contributed by atoms with van der Waals surface area (Å²) in [7, 11) is -4.87. The molecule has 13 nitrogen and oxygen atoms in total. The van der Waals surface area contributed by atoms with Crippen molar-refractivity contribution >= 4 is 54.2 Å². The molecule has 0 bridgehead atoms. The summed E-state index contributed by atoms with van der Waals surface area (Å²) >= 11 is 1.38. The zero-order valence-electron chi connectivity index (χ0n) is 26.0. The minimum Gasteiger partial charge on any atom is -0.756 e. The van der Waals surface area contributed by atoms with Crippen LogP contribution in [0.1, 0.15) is 59.5 Å². The molecule has 0 saturated carbocycles. The smallest absolute Gasteiger partial charge is 0.265 e. The number of H-pyrrole nitrogens is 1. The largest absolute Gasteiger partial charge is 0.756 e. The number of hydrogen-bond donors (Lipinski definition) is 6. The maximum atomic E-state index is 13.9. The van der Waals surface area contributed by atoms with Gasteiger partial charge >= 0.3 is 0 Å². The summed E-state index contributed by atoms with van der Waals surface area (Å²) in [5.74, 6) is -1.97. The molecule has 1 aliphatic heterocycles. The van der Waals surface area contributed by atoms with E-state index in [1.165, 1.54) is 29.5 Å². The van der Waals surface area contributed by atoms with Crippen LogP contribution in [-0.4, -0.2) is 63.5 Å². The number of halogens is 1. The molecule has 0 saturated heterocycles. The SMILES string of the molecule is Cc1[nH]c(/C=C2\C(=O)Nc3ccc(F)cc32)c(C)c1CCC(=O)NC(Cc1cscn1)C(=O)NCCCCC(CO)COP(=O)([O-])O. The molecule has 47 heavy (non-hydrogen) atoms. The number of aromatic amines is 1. The number of fused-ring (bicyclic) bond motifs is 1. The molecule has 3 unspecified atom stereocenters. The van der Waals surface area contributed by atoms with E-state index in [9.17, 15) is 33.3 Å². The quantitative estimate of drug-likeness (QED) is 0.0699. The molecule has 6 N–H and O–H groups in total. The number of rotatable bonds is 17. The molecule has 3 aromatic rings. The number of aliphatic hydroxyl groups excluding tert-OH is 1. The van der Waals surface area contributed by atoms with Crippen molar-refractivity contribution in [3.63, 3.8) is 0 Å². The Kier molecular flexibility index (Phi) is 12.6. The third kappa shape index (κ3) is 10.4. The molecule has 0 radical (unpaired) electrons. The van der Waals surface area contributed by atoms with Crippen LogP contribution in [-0.2, 0) is 36.3 Å². The second-order valence-corrected chi connectivity index (χ2v) is 13.3. The lowest BCUT2D eigenvalue weighted by Gasteiger charge is -2.20. The van der Waals surface area contributed by atoms with Crippen LogP contribution in [0, 0.1) is 25.6 Å². The van der Waals surface area contributed by atoms with E-state index in [1.54, 1.807) is 17.0 Å². The Bertz CT molecular complexity index is 1660. The van der Waals surface area contributed by atoms with Crippen LogP contribution >= 0.6 is 19.2 Å². The number of anilines is 1. The van der Waals surface area contributed by atoms with Crippen molar-refractivity contribution in [2.24, 2.45) is 5.92 Å².